The average molecular weight is 450 g/mol. The van der Waals surface area contributed by atoms with Gasteiger partial charge in [0.15, 0.2) is 0 Å². The molecule has 0 amide bonds. The molecule has 0 bridgehead atoms. The number of carbonyl (C=O) groups is 1. The first kappa shape index (κ1) is 22.4. The molecule has 0 N–H and O–H groups in total. The van der Waals surface area contributed by atoms with Gasteiger partial charge in [-0.2, -0.15) is 4.98 Å². The van der Waals surface area contributed by atoms with E-state index >= 15 is 0 Å². The molecule has 3 aromatic rings. The maximum absolute atomic E-state index is 12.6. The summed E-state index contributed by atoms with van der Waals surface area (Å²) in [5.74, 6) is 1.65. The zero-order valence-electron chi connectivity index (χ0n) is 19.1. The van der Waals surface area contributed by atoms with E-state index < -0.39 is 5.97 Å². The van der Waals surface area contributed by atoms with Gasteiger partial charge in [-0.15, -0.1) is 0 Å². The van der Waals surface area contributed by atoms with Crippen molar-refractivity contribution in [3.63, 3.8) is 0 Å². The quantitative estimate of drug-likeness (QED) is 0.483. The molecule has 0 radical (unpaired) electrons. The SMILES string of the molecule is CCOC(=O)c1cn(C)c(=O)cc1-c1cnc(C)nc1OC[C@H]1C[C@@H]1c1ccc(OC)cn1. The van der Waals surface area contributed by atoms with Crippen LogP contribution in [0.3, 0.4) is 0 Å². The molecule has 172 valence electrons. The van der Waals surface area contributed by atoms with E-state index in [4.69, 9.17) is 14.2 Å². The van der Waals surface area contributed by atoms with Crippen LogP contribution in [0.4, 0.5) is 0 Å². The van der Waals surface area contributed by atoms with Gasteiger partial charge < -0.3 is 18.8 Å². The Morgan fingerprint density at radius 3 is 2.73 bits per heavy atom. The highest BCUT2D eigenvalue weighted by Gasteiger charge is 2.40. The minimum absolute atomic E-state index is 0.220. The van der Waals surface area contributed by atoms with Crippen LogP contribution in [0.2, 0.25) is 0 Å². The topological polar surface area (TPSA) is 105 Å². The first-order chi connectivity index (χ1) is 15.9. The first-order valence-corrected chi connectivity index (χ1v) is 10.8. The zero-order chi connectivity index (χ0) is 23.5. The van der Waals surface area contributed by atoms with Gasteiger partial charge in [0.25, 0.3) is 5.56 Å². The fourth-order valence-electron chi connectivity index (χ4n) is 3.68. The highest BCUT2D eigenvalue weighted by Crippen LogP contribution is 2.47. The number of aromatic nitrogens is 4. The van der Waals surface area contributed by atoms with Crippen LogP contribution in [0.1, 0.15) is 41.1 Å². The molecule has 3 heterocycles. The van der Waals surface area contributed by atoms with Gasteiger partial charge in [0.05, 0.1) is 37.6 Å². The van der Waals surface area contributed by atoms with Gasteiger partial charge in [-0.05, 0) is 32.4 Å². The molecule has 0 aromatic carbocycles. The number of aryl methyl sites for hydroxylation is 2. The van der Waals surface area contributed by atoms with Crippen molar-refractivity contribution >= 4 is 5.97 Å². The number of hydrogen-bond acceptors (Lipinski definition) is 8. The van der Waals surface area contributed by atoms with E-state index in [0.717, 1.165) is 17.9 Å². The number of nitrogens with zero attached hydrogens (tertiary/aromatic N) is 4. The molecule has 4 rings (SSSR count). The molecule has 2 atom stereocenters. The fourth-order valence-corrected chi connectivity index (χ4v) is 3.68. The third-order valence-corrected chi connectivity index (χ3v) is 5.62. The van der Waals surface area contributed by atoms with Crippen LogP contribution in [-0.4, -0.2) is 45.8 Å². The number of hydrogen-bond donors (Lipinski definition) is 0. The second-order valence-corrected chi connectivity index (χ2v) is 7.94. The van der Waals surface area contributed by atoms with Gasteiger partial charge in [-0.3, -0.25) is 9.78 Å². The summed E-state index contributed by atoms with van der Waals surface area (Å²) < 4.78 is 17.8. The van der Waals surface area contributed by atoms with Crippen molar-refractivity contribution < 1.29 is 19.0 Å². The monoisotopic (exact) mass is 450 g/mol. The van der Waals surface area contributed by atoms with Crippen molar-refractivity contribution in [2.75, 3.05) is 20.3 Å². The molecule has 0 unspecified atom stereocenters. The Morgan fingerprint density at radius 1 is 1.21 bits per heavy atom. The second kappa shape index (κ2) is 9.40. The van der Waals surface area contributed by atoms with E-state index in [0.29, 0.717) is 41.3 Å². The lowest BCUT2D eigenvalue weighted by Gasteiger charge is -2.14. The smallest absolute Gasteiger partial charge is 0.340 e. The van der Waals surface area contributed by atoms with Gasteiger partial charge in [0, 0.05) is 48.6 Å². The van der Waals surface area contributed by atoms with Crippen LogP contribution in [0.5, 0.6) is 11.6 Å². The van der Waals surface area contributed by atoms with E-state index in [9.17, 15) is 9.59 Å². The molecule has 33 heavy (non-hydrogen) atoms. The molecule has 1 fully saturated rings. The normalized spacial score (nSPS) is 16.8. The number of pyridine rings is 2. The van der Waals surface area contributed by atoms with Gasteiger partial charge in [-0.25, -0.2) is 9.78 Å². The number of carbonyl (C=O) groups excluding carboxylic acids is 1. The summed E-state index contributed by atoms with van der Waals surface area (Å²) >= 11 is 0. The maximum Gasteiger partial charge on any atom is 0.340 e. The molecule has 9 heteroatoms. The number of rotatable bonds is 8. The van der Waals surface area contributed by atoms with Crippen LogP contribution in [0.15, 0.2) is 41.6 Å². The summed E-state index contributed by atoms with van der Waals surface area (Å²) in [5.41, 5.74) is 1.84. The first-order valence-electron chi connectivity index (χ1n) is 10.8. The number of esters is 1. The highest BCUT2D eigenvalue weighted by atomic mass is 16.5. The standard InChI is InChI=1S/C24H26N4O5/c1-5-32-24(30)20-12-28(3)22(29)9-18(20)19-11-25-14(2)27-23(19)33-13-15-8-17(15)21-7-6-16(31-4)10-26-21/h6-7,9-12,15,17H,5,8,13H2,1-4H3/t15-,17+/m1/s1. The van der Waals surface area contributed by atoms with Crippen LogP contribution in [0, 0.1) is 12.8 Å². The fraction of sp³-hybridized carbons (Fsp3) is 0.375. The van der Waals surface area contributed by atoms with E-state index in [1.54, 1.807) is 40.4 Å². The minimum atomic E-state index is -0.525. The largest absolute Gasteiger partial charge is 0.495 e. The van der Waals surface area contributed by atoms with Crippen molar-refractivity contribution in [1.82, 2.24) is 19.5 Å². The Morgan fingerprint density at radius 2 is 2.03 bits per heavy atom. The van der Waals surface area contributed by atoms with Gasteiger partial charge in [-0.1, -0.05) is 0 Å². The Kier molecular flexibility index (Phi) is 6.39. The lowest BCUT2D eigenvalue weighted by Crippen LogP contribution is -2.20. The van der Waals surface area contributed by atoms with Crippen LogP contribution in [0.25, 0.3) is 11.1 Å². The number of methoxy groups -OCH3 is 1. The summed E-state index contributed by atoms with van der Waals surface area (Å²) in [7, 11) is 3.19. The summed E-state index contributed by atoms with van der Waals surface area (Å²) in [5, 5.41) is 0. The molecule has 0 aliphatic heterocycles. The second-order valence-electron chi connectivity index (χ2n) is 7.94. The molecule has 1 aliphatic carbocycles. The summed E-state index contributed by atoms with van der Waals surface area (Å²) in [6, 6.07) is 5.25. The van der Waals surface area contributed by atoms with E-state index in [1.165, 1.54) is 16.8 Å². The van der Waals surface area contributed by atoms with Gasteiger partial charge in [0.1, 0.15) is 11.6 Å². The Hall–Kier alpha value is -3.75. The van der Waals surface area contributed by atoms with Crippen molar-refractivity contribution in [3.05, 3.63) is 64.2 Å². The molecular formula is C24H26N4O5. The predicted octanol–water partition coefficient (Wildman–Crippen LogP) is 2.91. The average Bonchev–Trinajstić information content (AvgIpc) is 3.59. The van der Waals surface area contributed by atoms with Crippen LogP contribution in [-0.2, 0) is 11.8 Å². The predicted molar refractivity (Wildman–Crippen MR) is 121 cm³/mol. The lowest BCUT2D eigenvalue weighted by molar-refractivity contribution is 0.0526. The van der Waals surface area contributed by atoms with Crippen molar-refractivity contribution in [3.8, 4) is 22.8 Å². The van der Waals surface area contributed by atoms with Gasteiger partial charge in [0.2, 0.25) is 5.88 Å². The molecule has 1 saturated carbocycles. The van der Waals surface area contributed by atoms with E-state index in [1.807, 2.05) is 12.1 Å². The van der Waals surface area contributed by atoms with Crippen molar-refractivity contribution in [2.45, 2.75) is 26.2 Å². The molecule has 3 aromatic heterocycles. The lowest BCUT2D eigenvalue weighted by atomic mass is 10.0. The van der Waals surface area contributed by atoms with Gasteiger partial charge >= 0.3 is 5.97 Å². The molecule has 1 aliphatic rings. The molecule has 9 nitrogen and oxygen atoms in total. The summed E-state index contributed by atoms with van der Waals surface area (Å²) in [6.07, 6.45) is 5.71. The minimum Gasteiger partial charge on any atom is -0.495 e. The maximum atomic E-state index is 12.6. The van der Waals surface area contributed by atoms with Crippen LogP contribution < -0.4 is 15.0 Å². The highest BCUT2D eigenvalue weighted by molar-refractivity contribution is 5.97. The Balaban J connectivity index is 1.58. The van der Waals surface area contributed by atoms with Crippen molar-refractivity contribution in [2.24, 2.45) is 13.0 Å². The summed E-state index contributed by atoms with van der Waals surface area (Å²) in [4.78, 5) is 38.1. The van der Waals surface area contributed by atoms with E-state index in [-0.39, 0.29) is 17.7 Å². The Labute approximate surface area is 191 Å². The van der Waals surface area contributed by atoms with E-state index in [2.05, 4.69) is 15.0 Å². The van der Waals surface area contributed by atoms with Crippen LogP contribution >= 0.6 is 0 Å². The molecule has 0 spiro atoms. The molecular weight excluding hydrogens is 424 g/mol. The Bertz CT molecular complexity index is 1220. The molecule has 0 saturated heterocycles. The zero-order valence-corrected chi connectivity index (χ0v) is 19.1. The third-order valence-electron chi connectivity index (χ3n) is 5.62. The number of ether oxygens (including phenoxy) is 3. The summed E-state index contributed by atoms with van der Waals surface area (Å²) in [6.45, 7) is 4.14. The van der Waals surface area contributed by atoms with Crippen molar-refractivity contribution in [1.29, 1.82) is 0 Å². The third kappa shape index (κ3) is 4.87.